The maximum Gasteiger partial charge on any atom is 0.196 e. The fourth-order valence-electron chi connectivity index (χ4n) is 2.33. The maximum absolute atomic E-state index is 12.3. The van der Waals surface area contributed by atoms with E-state index in [2.05, 4.69) is 20.8 Å². The van der Waals surface area contributed by atoms with Crippen molar-refractivity contribution in [3.8, 4) is 11.5 Å². The van der Waals surface area contributed by atoms with E-state index in [1.54, 1.807) is 36.4 Å². The number of phenolic OH excluding ortho intramolecular Hbond substituents is 1. The second-order valence-electron chi connectivity index (χ2n) is 6.89. The van der Waals surface area contributed by atoms with E-state index in [4.69, 9.17) is 4.74 Å². The summed E-state index contributed by atoms with van der Waals surface area (Å²) >= 11 is 0. The van der Waals surface area contributed by atoms with Crippen LogP contribution in [0.1, 0.15) is 49.5 Å². The zero-order valence-corrected chi connectivity index (χ0v) is 14.0. The Bertz CT molecular complexity index is 654. The quantitative estimate of drug-likeness (QED) is 0.614. The monoisotopic (exact) mass is 312 g/mol. The first-order valence-corrected chi connectivity index (χ1v) is 7.92. The van der Waals surface area contributed by atoms with E-state index in [9.17, 15) is 9.90 Å². The van der Waals surface area contributed by atoms with Gasteiger partial charge in [-0.1, -0.05) is 51.1 Å². The molecule has 0 aliphatic rings. The summed E-state index contributed by atoms with van der Waals surface area (Å²) in [6.45, 7) is 7.19. The predicted molar refractivity (Wildman–Crippen MR) is 92.2 cm³/mol. The number of rotatable bonds is 6. The average Bonchev–Trinajstić information content (AvgIpc) is 2.51. The van der Waals surface area contributed by atoms with Crippen molar-refractivity contribution in [3.05, 3.63) is 59.7 Å². The molecule has 23 heavy (non-hydrogen) atoms. The van der Waals surface area contributed by atoms with Crippen molar-refractivity contribution < 1.29 is 14.6 Å². The fourth-order valence-corrected chi connectivity index (χ4v) is 2.33. The Kier molecular flexibility index (Phi) is 5.43. The summed E-state index contributed by atoms with van der Waals surface area (Å²) in [6, 6.07) is 13.8. The van der Waals surface area contributed by atoms with Crippen LogP contribution in [0, 0.1) is 5.41 Å². The minimum absolute atomic E-state index is 0.0489. The van der Waals surface area contributed by atoms with E-state index in [0.717, 1.165) is 12.8 Å². The first-order valence-electron chi connectivity index (χ1n) is 7.92. The summed E-state index contributed by atoms with van der Waals surface area (Å²) in [5.74, 6) is 0.343. The third-order valence-electron chi connectivity index (χ3n) is 3.59. The van der Waals surface area contributed by atoms with E-state index in [0.29, 0.717) is 23.5 Å². The maximum atomic E-state index is 12.3. The van der Waals surface area contributed by atoms with Gasteiger partial charge in [-0.15, -0.1) is 0 Å². The van der Waals surface area contributed by atoms with E-state index < -0.39 is 0 Å². The van der Waals surface area contributed by atoms with Crippen molar-refractivity contribution in [2.75, 3.05) is 6.61 Å². The van der Waals surface area contributed by atoms with Crippen LogP contribution in [0.2, 0.25) is 0 Å². The SMILES string of the molecule is CC(C)(C)CCCOc1ccc(C(=O)c2ccccc2)c(O)c1. The molecule has 3 nitrogen and oxygen atoms in total. The second-order valence-corrected chi connectivity index (χ2v) is 6.89. The molecular weight excluding hydrogens is 288 g/mol. The number of phenols is 1. The van der Waals surface area contributed by atoms with Crippen LogP contribution in [0.25, 0.3) is 0 Å². The molecule has 0 bridgehead atoms. The molecule has 0 aliphatic carbocycles. The number of benzene rings is 2. The van der Waals surface area contributed by atoms with Crippen LogP contribution in [0.3, 0.4) is 0 Å². The van der Waals surface area contributed by atoms with E-state index in [1.165, 1.54) is 6.07 Å². The van der Waals surface area contributed by atoms with Crippen LogP contribution in [0.15, 0.2) is 48.5 Å². The minimum Gasteiger partial charge on any atom is -0.507 e. The fraction of sp³-hybridized carbons (Fsp3) is 0.350. The number of ketones is 1. The molecule has 2 rings (SSSR count). The molecule has 0 amide bonds. The molecule has 0 aliphatic heterocycles. The number of ether oxygens (including phenoxy) is 1. The van der Waals surface area contributed by atoms with E-state index in [-0.39, 0.29) is 16.9 Å². The molecular formula is C20H24O3. The molecule has 0 fully saturated rings. The summed E-state index contributed by atoms with van der Waals surface area (Å²) < 4.78 is 5.65. The van der Waals surface area contributed by atoms with Gasteiger partial charge in [0.25, 0.3) is 0 Å². The highest BCUT2D eigenvalue weighted by molar-refractivity contribution is 6.10. The molecule has 122 valence electrons. The highest BCUT2D eigenvalue weighted by Crippen LogP contribution is 2.26. The summed E-state index contributed by atoms with van der Waals surface area (Å²) in [6.07, 6.45) is 2.03. The van der Waals surface area contributed by atoms with Crippen LogP contribution in [0.5, 0.6) is 11.5 Å². The Morgan fingerprint density at radius 2 is 1.78 bits per heavy atom. The van der Waals surface area contributed by atoms with Crippen molar-refractivity contribution >= 4 is 5.78 Å². The summed E-state index contributed by atoms with van der Waals surface area (Å²) in [4.78, 5) is 12.3. The molecule has 0 spiro atoms. The highest BCUT2D eigenvalue weighted by atomic mass is 16.5. The lowest BCUT2D eigenvalue weighted by atomic mass is 9.91. The normalized spacial score (nSPS) is 11.3. The van der Waals surface area contributed by atoms with Gasteiger partial charge < -0.3 is 9.84 Å². The van der Waals surface area contributed by atoms with Crippen LogP contribution < -0.4 is 4.74 Å². The van der Waals surface area contributed by atoms with Gasteiger partial charge >= 0.3 is 0 Å². The molecule has 0 atom stereocenters. The van der Waals surface area contributed by atoms with Gasteiger partial charge in [-0.25, -0.2) is 0 Å². The van der Waals surface area contributed by atoms with E-state index >= 15 is 0 Å². The summed E-state index contributed by atoms with van der Waals surface area (Å²) in [7, 11) is 0. The number of hydrogen-bond donors (Lipinski definition) is 1. The van der Waals surface area contributed by atoms with Gasteiger partial charge in [0.2, 0.25) is 0 Å². The van der Waals surface area contributed by atoms with Crippen molar-refractivity contribution in [2.45, 2.75) is 33.6 Å². The molecule has 2 aromatic rings. The van der Waals surface area contributed by atoms with E-state index in [1.807, 2.05) is 6.07 Å². The summed E-state index contributed by atoms with van der Waals surface area (Å²) in [5.41, 5.74) is 1.14. The molecule has 0 aromatic heterocycles. The van der Waals surface area contributed by atoms with Crippen molar-refractivity contribution in [1.29, 1.82) is 0 Å². The molecule has 0 saturated heterocycles. The summed E-state index contributed by atoms with van der Waals surface area (Å²) in [5, 5.41) is 10.1. The Labute approximate surface area is 137 Å². The largest absolute Gasteiger partial charge is 0.507 e. The molecule has 2 aromatic carbocycles. The predicted octanol–water partition coefficient (Wildman–Crippen LogP) is 4.83. The van der Waals surface area contributed by atoms with Gasteiger partial charge in [0.1, 0.15) is 11.5 Å². The molecule has 0 unspecified atom stereocenters. The molecule has 0 saturated carbocycles. The van der Waals surface area contributed by atoms with Crippen molar-refractivity contribution in [1.82, 2.24) is 0 Å². The second kappa shape index (κ2) is 7.32. The first kappa shape index (κ1) is 17.1. The molecule has 0 heterocycles. The highest BCUT2D eigenvalue weighted by Gasteiger charge is 2.14. The van der Waals surface area contributed by atoms with Crippen LogP contribution in [-0.2, 0) is 0 Å². The molecule has 0 radical (unpaired) electrons. The zero-order valence-electron chi connectivity index (χ0n) is 14.0. The van der Waals surface area contributed by atoms with Gasteiger partial charge in [-0.2, -0.15) is 0 Å². The van der Waals surface area contributed by atoms with Crippen LogP contribution >= 0.6 is 0 Å². The third kappa shape index (κ3) is 5.13. The Balaban J connectivity index is 1.99. The lowest BCUT2D eigenvalue weighted by molar-refractivity contribution is 0.103. The van der Waals surface area contributed by atoms with Gasteiger partial charge in [0.05, 0.1) is 12.2 Å². The van der Waals surface area contributed by atoms with Crippen molar-refractivity contribution in [3.63, 3.8) is 0 Å². The van der Waals surface area contributed by atoms with Crippen LogP contribution in [-0.4, -0.2) is 17.5 Å². The number of carbonyl (C=O) groups excluding carboxylic acids is 1. The van der Waals surface area contributed by atoms with Gasteiger partial charge in [0.15, 0.2) is 5.78 Å². The van der Waals surface area contributed by atoms with Gasteiger partial charge in [-0.3, -0.25) is 4.79 Å². The number of carbonyl (C=O) groups is 1. The Morgan fingerprint density at radius 3 is 2.39 bits per heavy atom. The Hall–Kier alpha value is -2.29. The minimum atomic E-state index is -0.192. The number of hydrogen-bond acceptors (Lipinski definition) is 3. The molecule has 1 N–H and O–H groups in total. The smallest absolute Gasteiger partial charge is 0.196 e. The zero-order chi connectivity index (χ0) is 16.9. The molecule has 3 heteroatoms. The first-order chi connectivity index (χ1) is 10.9. The third-order valence-corrected chi connectivity index (χ3v) is 3.59. The van der Waals surface area contributed by atoms with Gasteiger partial charge in [-0.05, 0) is 30.4 Å². The van der Waals surface area contributed by atoms with Crippen LogP contribution in [0.4, 0.5) is 0 Å². The van der Waals surface area contributed by atoms with Gasteiger partial charge in [0, 0.05) is 11.6 Å². The lowest BCUT2D eigenvalue weighted by Crippen LogP contribution is -2.08. The Morgan fingerprint density at radius 1 is 1.09 bits per heavy atom. The average molecular weight is 312 g/mol. The topological polar surface area (TPSA) is 46.5 Å². The number of aromatic hydroxyl groups is 1. The standard InChI is InChI=1S/C20H24O3/c1-20(2,3)12-7-13-23-16-10-11-17(18(21)14-16)19(22)15-8-5-4-6-9-15/h4-6,8-11,14,21H,7,12-13H2,1-3H3. The lowest BCUT2D eigenvalue weighted by Gasteiger charge is -2.17. The van der Waals surface area contributed by atoms with Crippen molar-refractivity contribution in [2.24, 2.45) is 5.41 Å².